The van der Waals surface area contributed by atoms with Crippen LogP contribution in [0.25, 0.3) is 0 Å². The molecule has 0 spiro atoms. The molecule has 2 aromatic heterocycles. The number of aromatic nitrogens is 2. The van der Waals surface area contributed by atoms with E-state index in [4.69, 9.17) is 4.52 Å². The first-order valence-corrected chi connectivity index (χ1v) is 6.34. The summed E-state index contributed by atoms with van der Waals surface area (Å²) < 4.78 is 5.10. The molecule has 0 bridgehead atoms. The van der Waals surface area contributed by atoms with Gasteiger partial charge in [0.2, 0.25) is 0 Å². The van der Waals surface area contributed by atoms with Crippen LogP contribution in [0.3, 0.4) is 0 Å². The highest BCUT2D eigenvalue weighted by molar-refractivity contribution is 5.40. The second kappa shape index (κ2) is 6.14. The second-order valence-electron chi connectivity index (χ2n) is 4.49. The molecule has 0 saturated heterocycles. The van der Waals surface area contributed by atoms with Crippen LogP contribution in [0, 0.1) is 24.0 Å². The van der Waals surface area contributed by atoms with Crippen molar-refractivity contribution in [1.82, 2.24) is 10.1 Å². The molecule has 106 valence electrons. The zero-order chi connectivity index (χ0) is 14.5. The molecule has 2 aromatic rings. The SMILES string of the molecule is Cc1noc(C)c1CCCNc1ccc([N+](=O)[O-])cn1. The number of hydrogen-bond donors (Lipinski definition) is 1. The van der Waals surface area contributed by atoms with Crippen LogP contribution < -0.4 is 5.32 Å². The Bertz CT molecular complexity index is 573. The van der Waals surface area contributed by atoms with E-state index < -0.39 is 4.92 Å². The molecular weight excluding hydrogens is 260 g/mol. The van der Waals surface area contributed by atoms with Gasteiger partial charge in [-0.25, -0.2) is 4.98 Å². The average molecular weight is 276 g/mol. The number of rotatable bonds is 6. The summed E-state index contributed by atoms with van der Waals surface area (Å²) in [6.07, 6.45) is 3.03. The lowest BCUT2D eigenvalue weighted by Gasteiger charge is -2.05. The summed E-state index contributed by atoms with van der Waals surface area (Å²) in [7, 11) is 0. The summed E-state index contributed by atoms with van der Waals surface area (Å²) in [6.45, 7) is 4.56. The predicted octanol–water partition coefficient (Wildman–Crippen LogP) is 2.64. The number of nitrogens with one attached hydrogen (secondary N) is 1. The van der Waals surface area contributed by atoms with E-state index in [0.29, 0.717) is 5.82 Å². The molecule has 7 nitrogen and oxygen atoms in total. The fraction of sp³-hybridized carbons (Fsp3) is 0.385. The number of aryl methyl sites for hydroxylation is 2. The second-order valence-corrected chi connectivity index (χ2v) is 4.49. The van der Waals surface area contributed by atoms with E-state index >= 15 is 0 Å². The first-order valence-electron chi connectivity index (χ1n) is 6.34. The van der Waals surface area contributed by atoms with E-state index in [1.54, 1.807) is 6.07 Å². The van der Waals surface area contributed by atoms with Gasteiger partial charge in [0.05, 0.1) is 10.6 Å². The molecule has 0 aliphatic carbocycles. The lowest BCUT2D eigenvalue weighted by Crippen LogP contribution is -2.05. The van der Waals surface area contributed by atoms with Crippen molar-refractivity contribution in [1.29, 1.82) is 0 Å². The highest BCUT2D eigenvalue weighted by Crippen LogP contribution is 2.15. The average Bonchev–Trinajstić information content (AvgIpc) is 2.75. The molecule has 0 unspecified atom stereocenters. The third kappa shape index (κ3) is 3.31. The number of nitrogens with zero attached hydrogens (tertiary/aromatic N) is 3. The molecule has 0 amide bonds. The van der Waals surface area contributed by atoms with Gasteiger partial charge in [-0.05, 0) is 32.8 Å². The van der Waals surface area contributed by atoms with E-state index in [2.05, 4.69) is 15.5 Å². The van der Waals surface area contributed by atoms with Crippen molar-refractivity contribution in [2.75, 3.05) is 11.9 Å². The van der Waals surface area contributed by atoms with Crippen LogP contribution in [-0.4, -0.2) is 21.6 Å². The smallest absolute Gasteiger partial charge is 0.287 e. The Labute approximate surface area is 116 Å². The molecule has 0 aliphatic rings. The fourth-order valence-electron chi connectivity index (χ4n) is 1.94. The van der Waals surface area contributed by atoms with Crippen LogP contribution in [0.2, 0.25) is 0 Å². The third-order valence-corrected chi connectivity index (χ3v) is 3.05. The number of hydrogen-bond acceptors (Lipinski definition) is 6. The van der Waals surface area contributed by atoms with Crippen LogP contribution in [0.1, 0.15) is 23.4 Å². The van der Waals surface area contributed by atoms with Crippen molar-refractivity contribution >= 4 is 11.5 Å². The molecule has 2 rings (SSSR count). The molecule has 7 heteroatoms. The minimum Gasteiger partial charge on any atom is -0.370 e. The topological polar surface area (TPSA) is 94.1 Å². The Morgan fingerprint density at radius 3 is 2.75 bits per heavy atom. The maximum Gasteiger partial charge on any atom is 0.287 e. The zero-order valence-corrected chi connectivity index (χ0v) is 11.4. The van der Waals surface area contributed by atoms with E-state index in [1.807, 2.05) is 13.8 Å². The van der Waals surface area contributed by atoms with Gasteiger partial charge in [0.15, 0.2) is 0 Å². The van der Waals surface area contributed by atoms with Crippen LogP contribution >= 0.6 is 0 Å². The summed E-state index contributed by atoms with van der Waals surface area (Å²) >= 11 is 0. The van der Waals surface area contributed by atoms with Gasteiger partial charge in [0, 0.05) is 18.2 Å². The molecule has 0 fully saturated rings. The molecule has 2 heterocycles. The largest absolute Gasteiger partial charge is 0.370 e. The predicted molar refractivity (Wildman–Crippen MR) is 73.7 cm³/mol. The summed E-state index contributed by atoms with van der Waals surface area (Å²) in [4.78, 5) is 14.0. The normalized spacial score (nSPS) is 10.5. The highest BCUT2D eigenvalue weighted by atomic mass is 16.6. The Balaban J connectivity index is 1.80. The first kappa shape index (κ1) is 14.0. The van der Waals surface area contributed by atoms with Gasteiger partial charge in [-0.2, -0.15) is 0 Å². The van der Waals surface area contributed by atoms with Gasteiger partial charge in [-0.3, -0.25) is 10.1 Å². The lowest BCUT2D eigenvalue weighted by atomic mass is 10.1. The fourth-order valence-corrected chi connectivity index (χ4v) is 1.94. The van der Waals surface area contributed by atoms with Crippen molar-refractivity contribution in [2.24, 2.45) is 0 Å². The molecule has 20 heavy (non-hydrogen) atoms. The zero-order valence-electron chi connectivity index (χ0n) is 11.4. The lowest BCUT2D eigenvalue weighted by molar-refractivity contribution is -0.385. The minimum atomic E-state index is -0.464. The standard InChI is InChI=1S/C13H16N4O3/c1-9-12(10(2)20-16-9)4-3-7-14-13-6-5-11(8-15-13)17(18)19/h5-6,8H,3-4,7H2,1-2H3,(H,14,15). The van der Waals surface area contributed by atoms with Crippen LogP contribution in [0.5, 0.6) is 0 Å². The summed E-state index contributed by atoms with van der Waals surface area (Å²) in [6, 6.07) is 3.04. The number of nitro groups is 1. The van der Waals surface area contributed by atoms with Gasteiger partial charge >= 0.3 is 0 Å². The van der Waals surface area contributed by atoms with Crippen molar-refractivity contribution in [3.05, 3.63) is 45.5 Å². The van der Waals surface area contributed by atoms with Gasteiger partial charge in [-0.1, -0.05) is 5.16 Å². The maximum atomic E-state index is 10.5. The van der Waals surface area contributed by atoms with Crippen molar-refractivity contribution < 1.29 is 9.45 Å². The van der Waals surface area contributed by atoms with Gasteiger partial charge in [0.25, 0.3) is 5.69 Å². The summed E-state index contributed by atoms with van der Waals surface area (Å²) in [5.41, 5.74) is 2.06. The first-order chi connectivity index (χ1) is 9.58. The summed E-state index contributed by atoms with van der Waals surface area (Å²) in [5, 5.41) is 17.5. The van der Waals surface area contributed by atoms with Crippen LogP contribution in [0.4, 0.5) is 11.5 Å². The summed E-state index contributed by atoms with van der Waals surface area (Å²) in [5.74, 6) is 1.49. The Kier molecular flexibility index (Phi) is 4.29. The highest BCUT2D eigenvalue weighted by Gasteiger charge is 2.08. The van der Waals surface area contributed by atoms with Gasteiger partial charge in [-0.15, -0.1) is 0 Å². The molecule has 0 saturated carbocycles. The number of anilines is 1. The van der Waals surface area contributed by atoms with Crippen LogP contribution in [0.15, 0.2) is 22.9 Å². The van der Waals surface area contributed by atoms with E-state index in [9.17, 15) is 10.1 Å². The van der Waals surface area contributed by atoms with E-state index in [0.717, 1.165) is 36.4 Å². The van der Waals surface area contributed by atoms with Gasteiger partial charge in [0.1, 0.15) is 17.8 Å². The maximum absolute atomic E-state index is 10.5. The van der Waals surface area contributed by atoms with Crippen molar-refractivity contribution in [3.63, 3.8) is 0 Å². The molecule has 0 aliphatic heterocycles. The van der Waals surface area contributed by atoms with Crippen molar-refractivity contribution in [3.8, 4) is 0 Å². The number of pyridine rings is 1. The molecule has 0 radical (unpaired) electrons. The minimum absolute atomic E-state index is 0.00808. The van der Waals surface area contributed by atoms with Gasteiger partial charge < -0.3 is 9.84 Å². The van der Waals surface area contributed by atoms with E-state index in [1.165, 1.54) is 12.3 Å². The Morgan fingerprint density at radius 2 is 2.20 bits per heavy atom. The molecular formula is C13H16N4O3. The monoisotopic (exact) mass is 276 g/mol. The Morgan fingerprint density at radius 1 is 1.40 bits per heavy atom. The molecule has 0 atom stereocenters. The van der Waals surface area contributed by atoms with Crippen molar-refractivity contribution in [2.45, 2.75) is 26.7 Å². The van der Waals surface area contributed by atoms with E-state index in [-0.39, 0.29) is 5.69 Å². The van der Waals surface area contributed by atoms with Crippen LogP contribution in [-0.2, 0) is 6.42 Å². The molecule has 1 N–H and O–H groups in total. The quantitative estimate of drug-likeness (QED) is 0.495. The molecule has 0 aromatic carbocycles. The Hall–Kier alpha value is -2.44. The third-order valence-electron chi connectivity index (χ3n) is 3.05.